The maximum absolute atomic E-state index is 11.5. The molecular formula is C10H13N3O3. The first kappa shape index (κ1) is 10.8. The fourth-order valence-corrected chi connectivity index (χ4v) is 1.37. The first-order chi connectivity index (χ1) is 7.69. The molecule has 1 aliphatic rings. The van der Waals surface area contributed by atoms with Crippen LogP contribution in [-0.4, -0.2) is 33.9 Å². The normalized spacial score (nSPS) is 14.8. The molecule has 6 heteroatoms. The summed E-state index contributed by atoms with van der Waals surface area (Å²) in [6.07, 6.45) is 3.73. The number of Topliss-reactive ketones (excluding diaryl/α,β-unsaturated/α-hetero) is 1. The molecule has 0 N–H and O–H groups in total. The molecule has 6 nitrogen and oxygen atoms in total. The lowest BCUT2D eigenvalue weighted by Gasteiger charge is -1.95. The molecule has 1 aromatic heterocycles. The van der Waals surface area contributed by atoms with Gasteiger partial charge >= 0.3 is 5.97 Å². The molecule has 0 amide bonds. The summed E-state index contributed by atoms with van der Waals surface area (Å²) in [6, 6.07) is 0. The monoisotopic (exact) mass is 223 g/mol. The number of esters is 1. The second-order valence-electron chi connectivity index (χ2n) is 3.95. The van der Waals surface area contributed by atoms with Crippen molar-refractivity contribution in [1.82, 2.24) is 15.0 Å². The molecule has 0 aromatic carbocycles. The van der Waals surface area contributed by atoms with Crippen molar-refractivity contribution in [3.05, 3.63) is 11.9 Å². The minimum atomic E-state index is -0.554. The second-order valence-corrected chi connectivity index (χ2v) is 3.95. The van der Waals surface area contributed by atoms with Gasteiger partial charge in [0.15, 0.2) is 5.78 Å². The highest BCUT2D eigenvalue weighted by molar-refractivity contribution is 6.04. The van der Waals surface area contributed by atoms with E-state index >= 15 is 0 Å². The van der Waals surface area contributed by atoms with Crippen molar-refractivity contribution >= 4 is 11.8 Å². The van der Waals surface area contributed by atoms with Gasteiger partial charge < -0.3 is 4.74 Å². The van der Waals surface area contributed by atoms with Crippen molar-refractivity contribution in [2.45, 2.75) is 25.8 Å². The van der Waals surface area contributed by atoms with E-state index in [9.17, 15) is 9.59 Å². The standard InChI is InChI=1S/C10H13N3O3/c1-16-10(15)4-9(14)8-6-13(12-11-8)5-7-2-3-7/h6-7H,2-5H2,1H3. The number of carbonyl (C=O) groups excluding carboxylic acids is 2. The summed E-state index contributed by atoms with van der Waals surface area (Å²) in [5.41, 5.74) is 0.228. The van der Waals surface area contributed by atoms with E-state index in [2.05, 4.69) is 15.0 Å². The molecule has 0 radical (unpaired) electrons. The molecular weight excluding hydrogens is 210 g/mol. The van der Waals surface area contributed by atoms with Crippen LogP contribution in [0.3, 0.4) is 0 Å². The van der Waals surface area contributed by atoms with E-state index in [0.717, 1.165) is 6.54 Å². The van der Waals surface area contributed by atoms with Crippen molar-refractivity contribution < 1.29 is 14.3 Å². The van der Waals surface area contributed by atoms with Crippen molar-refractivity contribution in [1.29, 1.82) is 0 Å². The zero-order valence-electron chi connectivity index (χ0n) is 9.05. The molecule has 16 heavy (non-hydrogen) atoms. The number of hydrogen-bond donors (Lipinski definition) is 0. The van der Waals surface area contributed by atoms with Crippen LogP contribution in [0.1, 0.15) is 29.8 Å². The molecule has 2 rings (SSSR count). The van der Waals surface area contributed by atoms with E-state index in [1.807, 2.05) is 0 Å². The molecule has 1 saturated carbocycles. The van der Waals surface area contributed by atoms with Gasteiger partial charge in [0, 0.05) is 6.54 Å². The van der Waals surface area contributed by atoms with E-state index in [0.29, 0.717) is 5.92 Å². The summed E-state index contributed by atoms with van der Waals surface area (Å²) in [4.78, 5) is 22.4. The summed E-state index contributed by atoms with van der Waals surface area (Å²) in [6.45, 7) is 0.804. The molecule has 0 aliphatic heterocycles. The number of rotatable bonds is 5. The highest BCUT2D eigenvalue weighted by Crippen LogP contribution is 2.30. The van der Waals surface area contributed by atoms with Crippen LogP contribution in [0, 0.1) is 5.92 Å². The van der Waals surface area contributed by atoms with E-state index in [1.165, 1.54) is 20.0 Å². The summed E-state index contributed by atoms with van der Waals surface area (Å²) in [5, 5.41) is 7.58. The molecule has 86 valence electrons. The molecule has 1 aromatic rings. The summed E-state index contributed by atoms with van der Waals surface area (Å²) < 4.78 is 6.06. The van der Waals surface area contributed by atoms with Gasteiger partial charge in [0.25, 0.3) is 0 Å². The van der Waals surface area contributed by atoms with Gasteiger partial charge in [-0.15, -0.1) is 5.10 Å². The average molecular weight is 223 g/mol. The van der Waals surface area contributed by atoms with Crippen LogP contribution in [0.15, 0.2) is 6.20 Å². The van der Waals surface area contributed by atoms with Gasteiger partial charge in [0.1, 0.15) is 12.1 Å². The SMILES string of the molecule is COC(=O)CC(=O)c1cn(CC2CC2)nn1. The predicted molar refractivity (Wildman–Crippen MR) is 53.7 cm³/mol. The number of aromatic nitrogens is 3. The van der Waals surface area contributed by atoms with Crippen molar-refractivity contribution in [3.8, 4) is 0 Å². The Morgan fingerprint density at radius 2 is 2.31 bits per heavy atom. The fourth-order valence-electron chi connectivity index (χ4n) is 1.37. The van der Waals surface area contributed by atoms with Gasteiger partial charge in [-0.3, -0.25) is 14.3 Å². The Bertz CT molecular complexity index is 409. The van der Waals surface area contributed by atoms with Crippen LogP contribution in [0.5, 0.6) is 0 Å². The van der Waals surface area contributed by atoms with Gasteiger partial charge in [0.2, 0.25) is 0 Å². The van der Waals surface area contributed by atoms with Gasteiger partial charge in [0.05, 0.1) is 13.3 Å². The zero-order valence-corrected chi connectivity index (χ0v) is 9.05. The zero-order chi connectivity index (χ0) is 11.5. The van der Waals surface area contributed by atoms with Crippen molar-refractivity contribution in [2.75, 3.05) is 7.11 Å². The smallest absolute Gasteiger partial charge is 0.313 e. The third-order valence-corrected chi connectivity index (χ3v) is 2.50. The highest BCUT2D eigenvalue weighted by Gasteiger charge is 2.23. The topological polar surface area (TPSA) is 74.1 Å². The van der Waals surface area contributed by atoms with E-state index < -0.39 is 5.97 Å². The average Bonchev–Trinajstić information content (AvgIpc) is 2.94. The first-order valence-electron chi connectivity index (χ1n) is 5.19. The third-order valence-electron chi connectivity index (χ3n) is 2.50. The van der Waals surface area contributed by atoms with Crippen LogP contribution in [-0.2, 0) is 16.1 Å². The highest BCUT2D eigenvalue weighted by atomic mass is 16.5. The molecule has 0 unspecified atom stereocenters. The Morgan fingerprint density at radius 3 is 2.94 bits per heavy atom. The lowest BCUT2D eigenvalue weighted by atomic mass is 10.2. The second kappa shape index (κ2) is 4.42. The lowest BCUT2D eigenvalue weighted by Crippen LogP contribution is -2.09. The molecule has 0 saturated heterocycles. The molecule has 1 fully saturated rings. The molecule has 0 spiro atoms. The number of hydrogen-bond acceptors (Lipinski definition) is 5. The van der Waals surface area contributed by atoms with Gasteiger partial charge in [-0.05, 0) is 18.8 Å². The van der Waals surface area contributed by atoms with Crippen LogP contribution in [0.4, 0.5) is 0 Å². The van der Waals surface area contributed by atoms with E-state index in [1.54, 1.807) is 10.9 Å². The predicted octanol–water partition coefficient (Wildman–Crippen LogP) is 0.434. The Labute approximate surface area is 92.6 Å². The first-order valence-corrected chi connectivity index (χ1v) is 5.19. The minimum Gasteiger partial charge on any atom is -0.469 e. The van der Waals surface area contributed by atoms with Crippen LogP contribution >= 0.6 is 0 Å². The summed E-state index contributed by atoms with van der Waals surface area (Å²) in [5.74, 6) is -0.235. The largest absolute Gasteiger partial charge is 0.469 e. The van der Waals surface area contributed by atoms with E-state index in [4.69, 9.17) is 0 Å². The Kier molecular flexibility index (Phi) is 2.98. The van der Waals surface area contributed by atoms with Gasteiger partial charge in [-0.1, -0.05) is 5.21 Å². The molecule has 0 bridgehead atoms. The van der Waals surface area contributed by atoms with E-state index in [-0.39, 0.29) is 17.9 Å². The minimum absolute atomic E-state index is 0.228. The number of nitrogens with zero attached hydrogens (tertiary/aromatic N) is 3. The van der Waals surface area contributed by atoms with Gasteiger partial charge in [-0.25, -0.2) is 0 Å². The summed E-state index contributed by atoms with van der Waals surface area (Å²) >= 11 is 0. The third kappa shape index (κ3) is 2.65. The Hall–Kier alpha value is -1.72. The summed E-state index contributed by atoms with van der Waals surface area (Å²) in [7, 11) is 1.25. The lowest BCUT2D eigenvalue weighted by molar-refractivity contribution is -0.139. The Balaban J connectivity index is 1.94. The maximum atomic E-state index is 11.5. The number of methoxy groups -OCH3 is 1. The molecule has 1 aliphatic carbocycles. The quantitative estimate of drug-likeness (QED) is 0.411. The number of ketones is 1. The molecule has 1 heterocycles. The number of carbonyl (C=O) groups is 2. The van der Waals surface area contributed by atoms with Crippen LogP contribution < -0.4 is 0 Å². The maximum Gasteiger partial charge on any atom is 0.313 e. The van der Waals surface area contributed by atoms with Gasteiger partial charge in [-0.2, -0.15) is 0 Å². The molecule has 0 atom stereocenters. The fraction of sp³-hybridized carbons (Fsp3) is 0.600. The van der Waals surface area contributed by atoms with Crippen LogP contribution in [0.25, 0.3) is 0 Å². The Morgan fingerprint density at radius 1 is 1.56 bits per heavy atom. The van der Waals surface area contributed by atoms with Crippen molar-refractivity contribution in [3.63, 3.8) is 0 Å². The van der Waals surface area contributed by atoms with Crippen LogP contribution in [0.2, 0.25) is 0 Å². The number of ether oxygens (including phenoxy) is 1. The van der Waals surface area contributed by atoms with Crippen molar-refractivity contribution in [2.24, 2.45) is 5.92 Å².